The lowest BCUT2D eigenvalue weighted by Gasteiger charge is -2.10. The molecule has 2 rings (SSSR count). The minimum Gasteiger partial charge on any atom is -0.332 e. The van der Waals surface area contributed by atoms with Crippen LogP contribution in [0.4, 0.5) is 23.2 Å². The fraction of sp³-hybridized carbons (Fsp3) is 0. The number of anilines is 1. The van der Waals surface area contributed by atoms with E-state index in [0.717, 1.165) is 0 Å². The van der Waals surface area contributed by atoms with Crippen molar-refractivity contribution in [1.82, 2.24) is 5.32 Å². The second-order valence-electron chi connectivity index (χ2n) is 4.12. The van der Waals surface area contributed by atoms with Gasteiger partial charge >= 0.3 is 0 Å². The molecule has 0 heterocycles. The monoisotopic (exact) mass is 328 g/mol. The molecule has 0 bridgehead atoms. The van der Waals surface area contributed by atoms with E-state index < -0.39 is 34.7 Å². The Morgan fingerprint density at radius 2 is 1.59 bits per heavy atom. The number of benzene rings is 2. The van der Waals surface area contributed by atoms with Crippen LogP contribution in [0.15, 0.2) is 36.4 Å². The number of hydrogen-bond donors (Lipinski definition) is 2. The van der Waals surface area contributed by atoms with Gasteiger partial charge in [-0.1, -0.05) is 18.2 Å². The van der Waals surface area contributed by atoms with Crippen LogP contribution < -0.4 is 10.6 Å². The van der Waals surface area contributed by atoms with Gasteiger partial charge in [-0.2, -0.15) is 0 Å². The van der Waals surface area contributed by atoms with Gasteiger partial charge in [-0.3, -0.25) is 10.1 Å². The van der Waals surface area contributed by atoms with Crippen LogP contribution in [-0.2, 0) is 0 Å². The van der Waals surface area contributed by atoms with Crippen LogP contribution in [0.25, 0.3) is 0 Å². The van der Waals surface area contributed by atoms with E-state index >= 15 is 0 Å². The summed E-state index contributed by atoms with van der Waals surface area (Å²) in [5.74, 6) is -8.72. The summed E-state index contributed by atoms with van der Waals surface area (Å²) >= 11 is 4.82. The SMILES string of the molecule is O=C(NC(=S)Nc1ccccc1)c1cc(F)c(F)c(F)c1F. The van der Waals surface area contributed by atoms with Gasteiger partial charge in [0, 0.05) is 5.69 Å². The summed E-state index contributed by atoms with van der Waals surface area (Å²) in [4.78, 5) is 11.7. The number of carbonyl (C=O) groups excluding carboxylic acids is 1. The number of para-hydroxylation sites is 1. The number of halogens is 4. The first-order chi connectivity index (χ1) is 10.4. The predicted octanol–water partition coefficient (Wildman–Crippen LogP) is 3.37. The summed E-state index contributed by atoms with van der Waals surface area (Å²) in [6.45, 7) is 0. The molecule has 0 saturated carbocycles. The Balaban J connectivity index is 2.14. The third-order valence-corrected chi connectivity index (χ3v) is 2.81. The molecule has 0 aromatic heterocycles. The standard InChI is InChI=1S/C14H8F4N2OS/c15-9-6-8(10(16)12(18)11(9)17)13(21)20-14(22)19-7-4-2-1-3-5-7/h1-6H,(H2,19,20,21,22). The zero-order valence-electron chi connectivity index (χ0n) is 10.8. The molecule has 0 atom stereocenters. The molecule has 0 fully saturated rings. The second kappa shape index (κ2) is 6.52. The Kier molecular flexibility index (Phi) is 4.71. The Hall–Kier alpha value is -2.48. The van der Waals surface area contributed by atoms with Gasteiger partial charge in [-0.25, -0.2) is 17.6 Å². The van der Waals surface area contributed by atoms with E-state index in [0.29, 0.717) is 5.69 Å². The lowest BCUT2D eigenvalue weighted by Crippen LogP contribution is -2.35. The van der Waals surface area contributed by atoms with Crippen molar-refractivity contribution in [2.75, 3.05) is 5.32 Å². The predicted molar refractivity (Wildman–Crippen MR) is 76.4 cm³/mol. The first kappa shape index (κ1) is 15.9. The summed E-state index contributed by atoms with van der Waals surface area (Å²) in [7, 11) is 0. The molecule has 8 heteroatoms. The van der Waals surface area contributed by atoms with Crippen LogP contribution in [0.3, 0.4) is 0 Å². The van der Waals surface area contributed by atoms with Crippen molar-refractivity contribution in [3.8, 4) is 0 Å². The third kappa shape index (κ3) is 3.40. The maximum Gasteiger partial charge on any atom is 0.260 e. The molecule has 0 saturated heterocycles. The average molecular weight is 328 g/mol. The lowest BCUT2D eigenvalue weighted by molar-refractivity contribution is 0.0971. The van der Waals surface area contributed by atoms with E-state index in [1.807, 2.05) is 5.32 Å². The molecular weight excluding hydrogens is 320 g/mol. The summed E-state index contributed by atoms with van der Waals surface area (Å²) < 4.78 is 52.4. The minimum atomic E-state index is -2.06. The molecule has 0 radical (unpaired) electrons. The minimum absolute atomic E-state index is 0.208. The molecule has 22 heavy (non-hydrogen) atoms. The molecule has 0 aliphatic rings. The van der Waals surface area contributed by atoms with Gasteiger partial charge in [0.15, 0.2) is 28.4 Å². The zero-order chi connectivity index (χ0) is 16.3. The fourth-order valence-electron chi connectivity index (χ4n) is 1.59. The number of nitrogens with one attached hydrogen (secondary N) is 2. The fourth-order valence-corrected chi connectivity index (χ4v) is 1.80. The van der Waals surface area contributed by atoms with E-state index in [2.05, 4.69) is 5.32 Å². The Morgan fingerprint density at radius 1 is 0.955 bits per heavy atom. The van der Waals surface area contributed by atoms with Crippen LogP contribution in [0.2, 0.25) is 0 Å². The maximum absolute atomic E-state index is 13.5. The van der Waals surface area contributed by atoms with Gasteiger partial charge in [0.2, 0.25) is 0 Å². The van der Waals surface area contributed by atoms with Crippen molar-refractivity contribution in [3.05, 3.63) is 65.2 Å². The van der Waals surface area contributed by atoms with E-state index in [1.54, 1.807) is 30.3 Å². The summed E-state index contributed by atoms with van der Waals surface area (Å²) in [5, 5.41) is 4.46. The van der Waals surface area contributed by atoms with Gasteiger partial charge < -0.3 is 5.32 Å². The van der Waals surface area contributed by atoms with Crippen molar-refractivity contribution in [1.29, 1.82) is 0 Å². The molecule has 2 aromatic carbocycles. The highest BCUT2D eigenvalue weighted by Crippen LogP contribution is 2.18. The lowest BCUT2D eigenvalue weighted by atomic mass is 10.1. The van der Waals surface area contributed by atoms with Crippen molar-refractivity contribution in [2.45, 2.75) is 0 Å². The smallest absolute Gasteiger partial charge is 0.260 e. The van der Waals surface area contributed by atoms with Crippen LogP contribution in [0, 0.1) is 23.3 Å². The van der Waals surface area contributed by atoms with Gasteiger partial charge in [-0.15, -0.1) is 0 Å². The molecule has 2 aromatic rings. The quantitative estimate of drug-likeness (QED) is 0.384. The largest absolute Gasteiger partial charge is 0.332 e. The normalized spacial score (nSPS) is 10.2. The summed E-state index contributed by atoms with van der Waals surface area (Å²) in [6.07, 6.45) is 0. The van der Waals surface area contributed by atoms with Crippen molar-refractivity contribution in [2.24, 2.45) is 0 Å². The first-order valence-corrected chi connectivity index (χ1v) is 6.31. The van der Waals surface area contributed by atoms with Gasteiger partial charge in [0.1, 0.15) is 0 Å². The molecule has 3 nitrogen and oxygen atoms in total. The highest BCUT2D eigenvalue weighted by molar-refractivity contribution is 7.80. The molecular formula is C14H8F4N2OS. The van der Waals surface area contributed by atoms with E-state index in [1.165, 1.54) is 0 Å². The average Bonchev–Trinajstić information content (AvgIpc) is 2.49. The van der Waals surface area contributed by atoms with Crippen LogP contribution in [0.1, 0.15) is 10.4 Å². The molecule has 1 amide bonds. The molecule has 0 spiro atoms. The van der Waals surface area contributed by atoms with Crippen molar-refractivity contribution in [3.63, 3.8) is 0 Å². The van der Waals surface area contributed by atoms with Crippen molar-refractivity contribution >= 4 is 28.9 Å². The maximum atomic E-state index is 13.5. The summed E-state index contributed by atoms with van der Waals surface area (Å²) in [6, 6.07) is 8.72. The number of amides is 1. The Morgan fingerprint density at radius 3 is 2.23 bits per heavy atom. The van der Waals surface area contributed by atoms with Crippen LogP contribution in [0.5, 0.6) is 0 Å². The van der Waals surface area contributed by atoms with Crippen LogP contribution in [-0.4, -0.2) is 11.0 Å². The van der Waals surface area contributed by atoms with Gasteiger partial charge in [0.25, 0.3) is 5.91 Å². The molecule has 0 unspecified atom stereocenters. The molecule has 0 aliphatic heterocycles. The van der Waals surface area contributed by atoms with Crippen molar-refractivity contribution < 1.29 is 22.4 Å². The highest BCUT2D eigenvalue weighted by Gasteiger charge is 2.23. The second-order valence-corrected chi connectivity index (χ2v) is 4.53. The highest BCUT2D eigenvalue weighted by atomic mass is 32.1. The van der Waals surface area contributed by atoms with E-state index in [4.69, 9.17) is 12.2 Å². The number of carbonyl (C=O) groups is 1. The Labute approximate surface area is 128 Å². The van der Waals surface area contributed by atoms with E-state index in [-0.39, 0.29) is 11.2 Å². The van der Waals surface area contributed by atoms with Gasteiger partial charge in [0.05, 0.1) is 5.56 Å². The Bertz CT molecular complexity index is 737. The number of rotatable bonds is 2. The summed E-state index contributed by atoms with van der Waals surface area (Å²) in [5.41, 5.74) is -0.446. The third-order valence-electron chi connectivity index (χ3n) is 2.61. The van der Waals surface area contributed by atoms with E-state index in [9.17, 15) is 22.4 Å². The van der Waals surface area contributed by atoms with Gasteiger partial charge in [-0.05, 0) is 30.4 Å². The topological polar surface area (TPSA) is 41.1 Å². The first-order valence-electron chi connectivity index (χ1n) is 5.90. The van der Waals surface area contributed by atoms with Crippen LogP contribution >= 0.6 is 12.2 Å². The molecule has 2 N–H and O–H groups in total. The number of thiocarbonyl (C=S) groups is 1. The molecule has 0 aliphatic carbocycles. The zero-order valence-corrected chi connectivity index (χ0v) is 11.6. The number of hydrogen-bond acceptors (Lipinski definition) is 2. The molecule has 114 valence electrons.